The van der Waals surface area contributed by atoms with Crippen LogP contribution in [0, 0.1) is 0 Å². The zero-order valence-electron chi connectivity index (χ0n) is 14.0. The molecule has 1 N–H and O–H groups in total. The Bertz CT molecular complexity index is 736. The number of para-hydroxylation sites is 1. The lowest BCUT2D eigenvalue weighted by Crippen LogP contribution is -2.25. The molecule has 126 valence electrons. The van der Waals surface area contributed by atoms with Gasteiger partial charge in [-0.1, -0.05) is 62.7 Å². The maximum absolute atomic E-state index is 11.9. The van der Waals surface area contributed by atoms with E-state index >= 15 is 0 Å². The van der Waals surface area contributed by atoms with E-state index in [9.17, 15) is 4.79 Å². The molecule has 0 aromatic heterocycles. The van der Waals surface area contributed by atoms with E-state index in [1.807, 2.05) is 36.4 Å². The number of ether oxygens (including phenoxy) is 1. The Hall–Kier alpha value is -2.33. The third kappa shape index (κ3) is 5.39. The van der Waals surface area contributed by atoms with Crippen LogP contribution in [-0.2, 0) is 10.2 Å². The highest BCUT2D eigenvalue weighted by molar-refractivity contribution is 6.30. The van der Waals surface area contributed by atoms with Crippen LogP contribution >= 0.6 is 11.6 Å². The molecule has 0 saturated heterocycles. The SMILES string of the molecule is CC(C)(C)c1ccccc1OCC(=O)N/N=C/c1cccc(Cl)c1. The number of nitrogens with zero attached hydrogens (tertiary/aromatic N) is 1. The number of benzene rings is 2. The average molecular weight is 345 g/mol. The number of hydrogen-bond donors (Lipinski definition) is 1. The summed E-state index contributed by atoms with van der Waals surface area (Å²) >= 11 is 5.89. The summed E-state index contributed by atoms with van der Waals surface area (Å²) in [6, 6.07) is 14.9. The molecule has 2 aromatic rings. The van der Waals surface area contributed by atoms with Crippen molar-refractivity contribution in [3.05, 3.63) is 64.7 Å². The molecule has 4 nitrogen and oxygen atoms in total. The van der Waals surface area contributed by atoms with Crippen molar-refractivity contribution in [1.29, 1.82) is 0 Å². The molecule has 0 unspecified atom stereocenters. The fourth-order valence-corrected chi connectivity index (χ4v) is 2.35. The van der Waals surface area contributed by atoms with Gasteiger partial charge in [0, 0.05) is 5.02 Å². The normalized spacial score (nSPS) is 11.5. The topological polar surface area (TPSA) is 50.7 Å². The lowest BCUT2D eigenvalue weighted by molar-refractivity contribution is -0.123. The van der Waals surface area contributed by atoms with E-state index in [-0.39, 0.29) is 17.9 Å². The highest BCUT2D eigenvalue weighted by Gasteiger charge is 2.18. The van der Waals surface area contributed by atoms with Gasteiger partial charge in [0.15, 0.2) is 6.61 Å². The van der Waals surface area contributed by atoms with E-state index in [1.165, 1.54) is 6.21 Å². The van der Waals surface area contributed by atoms with E-state index < -0.39 is 0 Å². The molecule has 0 radical (unpaired) electrons. The minimum Gasteiger partial charge on any atom is -0.483 e. The Morgan fingerprint density at radius 3 is 2.67 bits per heavy atom. The Morgan fingerprint density at radius 1 is 1.21 bits per heavy atom. The number of nitrogens with one attached hydrogen (secondary N) is 1. The van der Waals surface area contributed by atoms with Crippen LogP contribution in [0.25, 0.3) is 0 Å². The van der Waals surface area contributed by atoms with Gasteiger partial charge in [-0.2, -0.15) is 5.10 Å². The molecule has 24 heavy (non-hydrogen) atoms. The second-order valence-corrected chi connectivity index (χ2v) is 6.82. The highest BCUT2D eigenvalue weighted by atomic mass is 35.5. The van der Waals surface area contributed by atoms with Gasteiger partial charge in [0.25, 0.3) is 5.91 Å². The highest BCUT2D eigenvalue weighted by Crippen LogP contribution is 2.30. The molecule has 0 bridgehead atoms. The van der Waals surface area contributed by atoms with Gasteiger partial charge in [-0.05, 0) is 34.7 Å². The van der Waals surface area contributed by atoms with Gasteiger partial charge >= 0.3 is 0 Å². The van der Waals surface area contributed by atoms with Crippen LogP contribution in [0.4, 0.5) is 0 Å². The number of hydrogen-bond acceptors (Lipinski definition) is 3. The van der Waals surface area contributed by atoms with Crippen molar-refractivity contribution in [2.75, 3.05) is 6.61 Å². The van der Waals surface area contributed by atoms with Crippen LogP contribution in [-0.4, -0.2) is 18.7 Å². The van der Waals surface area contributed by atoms with Gasteiger partial charge in [0.1, 0.15) is 5.75 Å². The van der Waals surface area contributed by atoms with Crippen molar-refractivity contribution >= 4 is 23.7 Å². The monoisotopic (exact) mass is 344 g/mol. The van der Waals surface area contributed by atoms with Crippen LogP contribution in [0.1, 0.15) is 31.9 Å². The summed E-state index contributed by atoms with van der Waals surface area (Å²) in [4.78, 5) is 11.9. The summed E-state index contributed by atoms with van der Waals surface area (Å²) in [6.45, 7) is 6.21. The predicted molar refractivity (Wildman–Crippen MR) is 97.8 cm³/mol. The molecule has 2 aromatic carbocycles. The molecular formula is C19H21ClN2O2. The molecule has 0 fully saturated rings. The molecule has 0 saturated carbocycles. The Balaban J connectivity index is 1.90. The van der Waals surface area contributed by atoms with Gasteiger partial charge in [0.05, 0.1) is 6.21 Å². The Morgan fingerprint density at radius 2 is 1.96 bits per heavy atom. The third-order valence-corrected chi connectivity index (χ3v) is 3.54. The lowest BCUT2D eigenvalue weighted by Gasteiger charge is -2.22. The van der Waals surface area contributed by atoms with Gasteiger partial charge in [-0.15, -0.1) is 0 Å². The molecule has 0 atom stereocenters. The maximum Gasteiger partial charge on any atom is 0.277 e. The molecule has 0 aliphatic carbocycles. The second-order valence-electron chi connectivity index (χ2n) is 6.38. The minimum atomic E-state index is -0.322. The fraction of sp³-hybridized carbons (Fsp3) is 0.263. The van der Waals surface area contributed by atoms with Gasteiger partial charge in [-0.25, -0.2) is 5.43 Å². The van der Waals surface area contributed by atoms with E-state index in [4.69, 9.17) is 16.3 Å². The number of hydrazone groups is 1. The van der Waals surface area contributed by atoms with E-state index in [0.29, 0.717) is 10.8 Å². The molecule has 2 rings (SSSR count). The van der Waals surface area contributed by atoms with Crippen LogP contribution in [0.15, 0.2) is 53.6 Å². The van der Waals surface area contributed by atoms with Crippen molar-refractivity contribution in [2.45, 2.75) is 26.2 Å². The number of carbonyl (C=O) groups is 1. The molecule has 0 heterocycles. The van der Waals surface area contributed by atoms with E-state index in [1.54, 1.807) is 12.1 Å². The molecule has 0 spiro atoms. The first-order chi connectivity index (χ1) is 11.4. The largest absolute Gasteiger partial charge is 0.483 e. The van der Waals surface area contributed by atoms with Crippen molar-refractivity contribution in [2.24, 2.45) is 5.10 Å². The number of carbonyl (C=O) groups excluding carboxylic acids is 1. The fourth-order valence-electron chi connectivity index (χ4n) is 2.15. The van der Waals surface area contributed by atoms with Gasteiger partial charge < -0.3 is 4.74 Å². The summed E-state index contributed by atoms with van der Waals surface area (Å²) in [5.41, 5.74) is 4.25. The van der Waals surface area contributed by atoms with Crippen molar-refractivity contribution in [1.82, 2.24) is 5.43 Å². The van der Waals surface area contributed by atoms with Crippen LogP contribution in [0.2, 0.25) is 5.02 Å². The summed E-state index contributed by atoms with van der Waals surface area (Å²) < 4.78 is 5.64. The Labute approximate surface area is 147 Å². The van der Waals surface area contributed by atoms with Crippen LogP contribution in [0.5, 0.6) is 5.75 Å². The molecule has 0 aliphatic rings. The zero-order valence-corrected chi connectivity index (χ0v) is 14.8. The summed E-state index contributed by atoms with van der Waals surface area (Å²) in [5, 5.41) is 4.52. The Kier molecular flexibility index (Phi) is 5.99. The van der Waals surface area contributed by atoms with Crippen molar-refractivity contribution in [3.63, 3.8) is 0 Å². The molecular weight excluding hydrogens is 324 g/mol. The molecule has 0 aliphatic heterocycles. The summed E-state index contributed by atoms with van der Waals surface area (Å²) in [5.74, 6) is 0.385. The quantitative estimate of drug-likeness (QED) is 0.653. The summed E-state index contributed by atoms with van der Waals surface area (Å²) in [6.07, 6.45) is 1.53. The van der Waals surface area contributed by atoms with Gasteiger partial charge in [0.2, 0.25) is 0 Å². The van der Waals surface area contributed by atoms with Crippen molar-refractivity contribution < 1.29 is 9.53 Å². The first-order valence-electron chi connectivity index (χ1n) is 7.66. The number of amides is 1. The lowest BCUT2D eigenvalue weighted by atomic mass is 9.86. The zero-order chi connectivity index (χ0) is 17.6. The van der Waals surface area contributed by atoms with Crippen LogP contribution < -0.4 is 10.2 Å². The second kappa shape index (κ2) is 7.97. The smallest absolute Gasteiger partial charge is 0.277 e. The van der Waals surface area contributed by atoms with Crippen LogP contribution in [0.3, 0.4) is 0 Å². The number of rotatable bonds is 5. The van der Waals surface area contributed by atoms with E-state index in [0.717, 1.165) is 11.1 Å². The van der Waals surface area contributed by atoms with E-state index in [2.05, 4.69) is 31.3 Å². The third-order valence-electron chi connectivity index (χ3n) is 3.31. The van der Waals surface area contributed by atoms with Crippen molar-refractivity contribution in [3.8, 4) is 5.75 Å². The molecule has 1 amide bonds. The first-order valence-corrected chi connectivity index (χ1v) is 8.04. The standard InChI is InChI=1S/C19H21ClN2O2/c1-19(2,3)16-9-4-5-10-17(16)24-13-18(23)22-21-12-14-7-6-8-15(20)11-14/h4-12H,13H2,1-3H3,(H,22,23)/b21-12+. The first kappa shape index (κ1) is 18.0. The predicted octanol–water partition coefficient (Wildman–Crippen LogP) is 4.17. The maximum atomic E-state index is 11.9. The number of halogens is 1. The molecule has 5 heteroatoms. The summed E-state index contributed by atoms with van der Waals surface area (Å²) in [7, 11) is 0. The minimum absolute atomic E-state index is 0.0577. The van der Waals surface area contributed by atoms with Gasteiger partial charge in [-0.3, -0.25) is 4.79 Å². The average Bonchev–Trinajstić information content (AvgIpc) is 2.52.